The van der Waals surface area contributed by atoms with Crippen LogP contribution in [0.15, 0.2) is 30.3 Å². The molecule has 1 aromatic rings. The molecule has 0 fully saturated rings. The van der Waals surface area contributed by atoms with E-state index in [0.717, 1.165) is 5.56 Å². The second-order valence-electron chi connectivity index (χ2n) is 4.22. The van der Waals surface area contributed by atoms with Crippen LogP contribution in [-0.2, 0) is 9.59 Å². The molecule has 0 heterocycles. The van der Waals surface area contributed by atoms with Gasteiger partial charge in [-0.2, -0.15) is 0 Å². The quantitative estimate of drug-likeness (QED) is 0.623. The minimum Gasteiger partial charge on any atom is -0.493 e. The van der Waals surface area contributed by atoms with Gasteiger partial charge < -0.3 is 20.3 Å². The minimum atomic E-state index is -1.18. The molecule has 1 unspecified atom stereocenters. The third-order valence-electron chi connectivity index (χ3n) is 2.67. The van der Waals surface area contributed by atoms with Crippen LogP contribution >= 0.6 is 0 Å². The number of para-hydroxylation sites is 1. The van der Waals surface area contributed by atoms with E-state index in [1.54, 1.807) is 18.2 Å². The molecule has 0 bridgehead atoms. The number of aliphatic carboxylic acids is 1. The number of nitrogens with one attached hydrogen (secondary N) is 1. The van der Waals surface area contributed by atoms with Gasteiger partial charge in [0.05, 0.1) is 6.61 Å². The van der Waals surface area contributed by atoms with Gasteiger partial charge in [-0.3, -0.25) is 4.79 Å². The average Bonchev–Trinajstić information content (AvgIpc) is 2.46. The lowest BCUT2D eigenvalue weighted by Gasteiger charge is -2.11. The number of carboxylic acid groups (broad SMARTS) is 1. The van der Waals surface area contributed by atoms with E-state index in [0.29, 0.717) is 12.4 Å². The number of carbonyl (C=O) groups is 2. The number of rotatable bonds is 8. The highest BCUT2D eigenvalue weighted by atomic mass is 16.5. The molecule has 0 spiro atoms. The molecule has 114 valence electrons. The Morgan fingerprint density at radius 2 is 2.10 bits per heavy atom. The van der Waals surface area contributed by atoms with Crippen LogP contribution in [0.25, 0.3) is 6.08 Å². The van der Waals surface area contributed by atoms with E-state index in [2.05, 4.69) is 5.32 Å². The van der Waals surface area contributed by atoms with Crippen LogP contribution in [0.2, 0.25) is 0 Å². The number of aliphatic hydroxyl groups excluding tert-OH is 1. The summed E-state index contributed by atoms with van der Waals surface area (Å²) in [6.45, 7) is 2.06. The highest BCUT2D eigenvalue weighted by Gasteiger charge is 2.17. The molecule has 6 nitrogen and oxygen atoms in total. The van der Waals surface area contributed by atoms with Gasteiger partial charge in [0.2, 0.25) is 5.91 Å². The normalized spacial score (nSPS) is 12.1. The van der Waals surface area contributed by atoms with Crippen molar-refractivity contribution in [1.29, 1.82) is 0 Å². The Morgan fingerprint density at radius 1 is 1.38 bits per heavy atom. The fourth-order valence-corrected chi connectivity index (χ4v) is 1.68. The van der Waals surface area contributed by atoms with Crippen LogP contribution in [-0.4, -0.2) is 41.3 Å². The SMILES string of the molecule is CCOc1ccccc1/C=C/C(=O)NC(CCO)C(=O)O. The average molecular weight is 293 g/mol. The molecule has 0 aliphatic heterocycles. The van der Waals surface area contributed by atoms with Crippen molar-refractivity contribution in [2.24, 2.45) is 0 Å². The van der Waals surface area contributed by atoms with Gasteiger partial charge in [-0.15, -0.1) is 0 Å². The summed E-state index contributed by atoms with van der Waals surface area (Å²) in [4.78, 5) is 22.6. The van der Waals surface area contributed by atoms with Crippen LogP contribution < -0.4 is 10.1 Å². The van der Waals surface area contributed by atoms with Crippen molar-refractivity contribution >= 4 is 18.0 Å². The summed E-state index contributed by atoms with van der Waals surface area (Å²) in [6.07, 6.45) is 2.76. The van der Waals surface area contributed by atoms with Crippen molar-refractivity contribution in [3.63, 3.8) is 0 Å². The van der Waals surface area contributed by atoms with Crippen LogP contribution in [0.5, 0.6) is 5.75 Å². The molecule has 0 saturated heterocycles. The van der Waals surface area contributed by atoms with E-state index in [4.69, 9.17) is 14.9 Å². The highest BCUT2D eigenvalue weighted by Crippen LogP contribution is 2.19. The fraction of sp³-hybridized carbons (Fsp3) is 0.333. The maximum absolute atomic E-state index is 11.7. The summed E-state index contributed by atoms with van der Waals surface area (Å²) in [7, 11) is 0. The van der Waals surface area contributed by atoms with Gasteiger partial charge in [0, 0.05) is 24.7 Å². The molecule has 0 aliphatic rings. The second kappa shape index (κ2) is 8.76. The molecule has 6 heteroatoms. The Labute approximate surface area is 123 Å². The van der Waals surface area contributed by atoms with E-state index in [-0.39, 0.29) is 13.0 Å². The van der Waals surface area contributed by atoms with E-state index in [1.807, 2.05) is 19.1 Å². The summed E-state index contributed by atoms with van der Waals surface area (Å²) in [6, 6.07) is 6.11. The third kappa shape index (κ3) is 5.66. The number of ether oxygens (including phenoxy) is 1. The predicted octanol–water partition coefficient (Wildman–Crippen LogP) is 1.05. The number of hydrogen-bond acceptors (Lipinski definition) is 4. The van der Waals surface area contributed by atoms with Crippen molar-refractivity contribution in [2.45, 2.75) is 19.4 Å². The molecule has 1 amide bonds. The molecule has 0 radical (unpaired) electrons. The Hall–Kier alpha value is -2.34. The van der Waals surface area contributed by atoms with Gasteiger partial charge in [0.15, 0.2) is 0 Å². The van der Waals surface area contributed by atoms with Crippen LogP contribution in [0, 0.1) is 0 Å². The lowest BCUT2D eigenvalue weighted by atomic mass is 10.1. The molecule has 0 aromatic heterocycles. The lowest BCUT2D eigenvalue weighted by molar-refractivity contribution is -0.141. The Balaban J connectivity index is 2.71. The monoisotopic (exact) mass is 293 g/mol. The zero-order chi connectivity index (χ0) is 15.7. The van der Waals surface area contributed by atoms with E-state index in [9.17, 15) is 9.59 Å². The van der Waals surface area contributed by atoms with Crippen molar-refractivity contribution in [1.82, 2.24) is 5.32 Å². The Morgan fingerprint density at radius 3 is 2.71 bits per heavy atom. The van der Waals surface area contributed by atoms with E-state index >= 15 is 0 Å². The molecule has 3 N–H and O–H groups in total. The molecule has 1 rings (SSSR count). The van der Waals surface area contributed by atoms with Crippen molar-refractivity contribution < 1.29 is 24.5 Å². The third-order valence-corrected chi connectivity index (χ3v) is 2.67. The molecule has 0 saturated carbocycles. The first-order chi connectivity index (χ1) is 10.1. The number of amides is 1. The van der Waals surface area contributed by atoms with Crippen molar-refractivity contribution in [3.05, 3.63) is 35.9 Å². The molecular formula is C15H19NO5. The zero-order valence-electron chi connectivity index (χ0n) is 11.8. The standard InChI is InChI=1S/C15H19NO5/c1-2-21-13-6-4-3-5-11(13)7-8-14(18)16-12(9-10-17)15(19)20/h3-8,12,17H,2,9-10H2,1H3,(H,16,18)(H,19,20)/b8-7+. The summed E-state index contributed by atoms with van der Waals surface area (Å²) < 4.78 is 5.42. The molecule has 1 atom stereocenters. The second-order valence-corrected chi connectivity index (χ2v) is 4.22. The minimum absolute atomic E-state index is 0.0373. The number of aliphatic hydroxyl groups is 1. The Bertz CT molecular complexity index is 513. The smallest absolute Gasteiger partial charge is 0.326 e. The van der Waals surface area contributed by atoms with Gasteiger partial charge in [-0.1, -0.05) is 18.2 Å². The van der Waals surface area contributed by atoms with Gasteiger partial charge >= 0.3 is 5.97 Å². The molecule has 1 aromatic carbocycles. The van der Waals surface area contributed by atoms with Crippen LogP contribution in [0.3, 0.4) is 0 Å². The number of benzene rings is 1. The topological polar surface area (TPSA) is 95.9 Å². The van der Waals surface area contributed by atoms with Gasteiger partial charge in [0.25, 0.3) is 0 Å². The summed E-state index contributed by atoms with van der Waals surface area (Å²) in [5.74, 6) is -1.07. The Kier molecular flexibility index (Phi) is 6.97. The maximum atomic E-state index is 11.7. The molecule has 0 aliphatic carbocycles. The van der Waals surface area contributed by atoms with E-state index in [1.165, 1.54) is 6.08 Å². The van der Waals surface area contributed by atoms with E-state index < -0.39 is 17.9 Å². The number of carboxylic acids is 1. The maximum Gasteiger partial charge on any atom is 0.326 e. The highest BCUT2D eigenvalue weighted by molar-refractivity contribution is 5.94. The first-order valence-electron chi connectivity index (χ1n) is 6.62. The molecular weight excluding hydrogens is 274 g/mol. The zero-order valence-corrected chi connectivity index (χ0v) is 11.8. The first kappa shape index (κ1) is 16.7. The van der Waals surface area contributed by atoms with Gasteiger partial charge in [0.1, 0.15) is 11.8 Å². The van der Waals surface area contributed by atoms with Crippen LogP contribution in [0.4, 0.5) is 0 Å². The fourth-order valence-electron chi connectivity index (χ4n) is 1.68. The first-order valence-corrected chi connectivity index (χ1v) is 6.62. The molecule has 21 heavy (non-hydrogen) atoms. The van der Waals surface area contributed by atoms with Crippen LogP contribution in [0.1, 0.15) is 18.9 Å². The number of hydrogen-bond donors (Lipinski definition) is 3. The summed E-state index contributed by atoms with van der Waals surface area (Å²) in [5.41, 5.74) is 0.725. The lowest BCUT2D eigenvalue weighted by Crippen LogP contribution is -2.40. The van der Waals surface area contributed by atoms with Gasteiger partial charge in [-0.25, -0.2) is 4.79 Å². The van der Waals surface area contributed by atoms with Gasteiger partial charge in [-0.05, 0) is 19.1 Å². The van der Waals surface area contributed by atoms with Crippen molar-refractivity contribution in [2.75, 3.05) is 13.2 Å². The summed E-state index contributed by atoms with van der Waals surface area (Å²) >= 11 is 0. The van der Waals surface area contributed by atoms with Crippen molar-refractivity contribution in [3.8, 4) is 5.75 Å². The predicted molar refractivity (Wildman–Crippen MR) is 77.9 cm³/mol. The summed E-state index contributed by atoms with van der Waals surface area (Å²) in [5, 5.41) is 19.9. The number of carbonyl (C=O) groups excluding carboxylic acids is 1. The largest absolute Gasteiger partial charge is 0.493 e.